The first kappa shape index (κ1) is 12.6. The molecule has 17 heavy (non-hydrogen) atoms. The Hall–Kier alpha value is -0.880. The van der Waals surface area contributed by atoms with Gasteiger partial charge in [0.25, 0.3) is 0 Å². The Labute approximate surface area is 102 Å². The lowest BCUT2D eigenvalue weighted by Gasteiger charge is -2.29. The van der Waals surface area contributed by atoms with Crippen molar-refractivity contribution in [3.63, 3.8) is 0 Å². The third kappa shape index (κ3) is 2.37. The Bertz CT molecular complexity index is 507. The summed E-state index contributed by atoms with van der Waals surface area (Å²) in [6.07, 6.45) is 3.64. The summed E-state index contributed by atoms with van der Waals surface area (Å²) in [7, 11) is -1.61. The molecule has 0 N–H and O–H groups in total. The first-order valence-electron chi connectivity index (χ1n) is 5.91. The molecular weight excluding hydrogens is 238 g/mol. The fourth-order valence-electron chi connectivity index (χ4n) is 2.33. The molecule has 0 saturated carbocycles. The van der Waals surface area contributed by atoms with Crippen LogP contribution in [0, 0.1) is 12.8 Å². The second kappa shape index (κ2) is 4.42. The Balaban J connectivity index is 2.33. The van der Waals surface area contributed by atoms with E-state index in [1.165, 1.54) is 0 Å². The third-order valence-electron chi connectivity index (χ3n) is 3.21. The van der Waals surface area contributed by atoms with Gasteiger partial charge in [0.15, 0.2) is 0 Å². The van der Waals surface area contributed by atoms with E-state index in [-0.39, 0.29) is 0 Å². The Morgan fingerprint density at radius 2 is 2.18 bits per heavy atom. The highest BCUT2D eigenvalue weighted by Gasteiger charge is 2.30. The summed E-state index contributed by atoms with van der Waals surface area (Å²) in [5.41, 5.74) is 0.575. The number of sulfonamides is 1. The smallest absolute Gasteiger partial charge is 0.246 e. The van der Waals surface area contributed by atoms with Crippen LogP contribution in [0.2, 0.25) is 0 Å². The van der Waals surface area contributed by atoms with Gasteiger partial charge in [-0.15, -0.1) is 0 Å². The molecular formula is C11H19N3O2S. The third-order valence-corrected chi connectivity index (χ3v) is 5.17. The predicted molar refractivity (Wildman–Crippen MR) is 65.1 cm³/mol. The van der Waals surface area contributed by atoms with Crippen molar-refractivity contribution in [3.8, 4) is 0 Å². The largest absolute Gasteiger partial charge is 0.274 e. The molecule has 0 amide bonds. The Kier molecular flexibility index (Phi) is 3.27. The quantitative estimate of drug-likeness (QED) is 0.798. The van der Waals surface area contributed by atoms with Crippen LogP contribution in [-0.4, -0.2) is 35.6 Å². The highest BCUT2D eigenvalue weighted by atomic mass is 32.2. The number of aromatic nitrogens is 2. The zero-order valence-electron chi connectivity index (χ0n) is 10.5. The van der Waals surface area contributed by atoms with Crippen LogP contribution in [0.25, 0.3) is 0 Å². The van der Waals surface area contributed by atoms with Gasteiger partial charge in [0, 0.05) is 26.3 Å². The van der Waals surface area contributed by atoms with Crippen molar-refractivity contribution in [2.24, 2.45) is 13.0 Å². The summed E-state index contributed by atoms with van der Waals surface area (Å²) >= 11 is 0. The molecule has 1 aliphatic rings. The maximum Gasteiger partial charge on any atom is 0.246 e. The zero-order valence-corrected chi connectivity index (χ0v) is 11.4. The van der Waals surface area contributed by atoms with Gasteiger partial charge in [-0.25, -0.2) is 8.42 Å². The van der Waals surface area contributed by atoms with E-state index in [4.69, 9.17) is 0 Å². The van der Waals surface area contributed by atoms with E-state index in [1.807, 2.05) is 0 Å². The molecule has 0 spiro atoms. The van der Waals surface area contributed by atoms with Crippen LogP contribution in [0.4, 0.5) is 0 Å². The van der Waals surface area contributed by atoms with E-state index < -0.39 is 10.0 Å². The number of hydrogen-bond acceptors (Lipinski definition) is 3. The summed E-state index contributed by atoms with van der Waals surface area (Å²) in [6.45, 7) is 5.08. The normalized spacial score (nSPS) is 22.9. The van der Waals surface area contributed by atoms with Gasteiger partial charge in [-0.1, -0.05) is 6.92 Å². The number of hydrogen-bond donors (Lipinski definition) is 0. The van der Waals surface area contributed by atoms with E-state index in [0.717, 1.165) is 12.8 Å². The lowest BCUT2D eigenvalue weighted by atomic mass is 10.0. The van der Waals surface area contributed by atoms with Crippen LogP contribution < -0.4 is 0 Å². The molecule has 5 nitrogen and oxygen atoms in total. The van der Waals surface area contributed by atoms with Gasteiger partial charge < -0.3 is 0 Å². The second-order valence-corrected chi connectivity index (χ2v) is 6.77. The molecule has 6 heteroatoms. The lowest BCUT2D eigenvalue weighted by Crippen LogP contribution is -2.39. The van der Waals surface area contributed by atoms with Crippen molar-refractivity contribution in [1.82, 2.24) is 14.1 Å². The van der Waals surface area contributed by atoms with E-state index in [9.17, 15) is 8.42 Å². The van der Waals surface area contributed by atoms with Crippen molar-refractivity contribution >= 4 is 10.0 Å². The summed E-state index contributed by atoms with van der Waals surface area (Å²) in [5.74, 6) is 0.440. The number of piperidine rings is 1. The molecule has 2 heterocycles. The van der Waals surface area contributed by atoms with Gasteiger partial charge in [-0.2, -0.15) is 9.40 Å². The Morgan fingerprint density at radius 1 is 1.47 bits per heavy atom. The van der Waals surface area contributed by atoms with Gasteiger partial charge in [0.2, 0.25) is 10.0 Å². The van der Waals surface area contributed by atoms with Crippen molar-refractivity contribution in [1.29, 1.82) is 0 Å². The van der Waals surface area contributed by atoms with E-state index in [2.05, 4.69) is 12.0 Å². The van der Waals surface area contributed by atoms with Crippen LogP contribution in [0.1, 0.15) is 25.5 Å². The maximum absolute atomic E-state index is 12.4. The molecule has 1 aliphatic heterocycles. The Morgan fingerprint density at radius 3 is 2.71 bits per heavy atom. The average molecular weight is 257 g/mol. The molecule has 1 fully saturated rings. The topological polar surface area (TPSA) is 55.2 Å². The van der Waals surface area contributed by atoms with Crippen LogP contribution in [-0.2, 0) is 17.1 Å². The monoisotopic (exact) mass is 257 g/mol. The minimum absolute atomic E-state index is 0.342. The lowest BCUT2D eigenvalue weighted by molar-refractivity contribution is 0.281. The number of aryl methyl sites for hydroxylation is 2. The van der Waals surface area contributed by atoms with Crippen LogP contribution >= 0.6 is 0 Å². The summed E-state index contributed by atoms with van der Waals surface area (Å²) in [6, 6.07) is 0. The molecule has 0 aliphatic carbocycles. The summed E-state index contributed by atoms with van der Waals surface area (Å²) in [4.78, 5) is 0.342. The van der Waals surface area contributed by atoms with Gasteiger partial charge in [0.05, 0.1) is 5.69 Å². The minimum Gasteiger partial charge on any atom is -0.274 e. The first-order valence-corrected chi connectivity index (χ1v) is 7.35. The van der Waals surface area contributed by atoms with Crippen LogP contribution in [0.3, 0.4) is 0 Å². The van der Waals surface area contributed by atoms with E-state index >= 15 is 0 Å². The van der Waals surface area contributed by atoms with Crippen LogP contribution in [0.5, 0.6) is 0 Å². The molecule has 1 atom stereocenters. The van der Waals surface area contributed by atoms with Crippen LogP contribution in [0.15, 0.2) is 11.1 Å². The predicted octanol–water partition coefficient (Wildman–Crippen LogP) is 1.15. The molecule has 96 valence electrons. The van der Waals surface area contributed by atoms with Gasteiger partial charge in [-0.3, -0.25) is 4.68 Å². The SMILES string of the molecule is Cc1nn(C)cc1S(=O)(=O)N1CCCC(C)C1. The van der Waals surface area contributed by atoms with Crippen molar-refractivity contribution in [2.45, 2.75) is 31.6 Å². The average Bonchev–Trinajstić information content (AvgIpc) is 2.58. The van der Waals surface area contributed by atoms with E-state index in [1.54, 1.807) is 29.2 Å². The highest BCUT2D eigenvalue weighted by Crippen LogP contribution is 2.24. The van der Waals surface area contributed by atoms with Crippen molar-refractivity contribution in [3.05, 3.63) is 11.9 Å². The fourth-order valence-corrected chi connectivity index (χ4v) is 4.13. The minimum atomic E-state index is -3.35. The standard InChI is InChI=1S/C11H19N3O2S/c1-9-5-4-6-14(7-9)17(15,16)11-8-13(3)12-10(11)2/h8-9H,4-7H2,1-3H3. The zero-order chi connectivity index (χ0) is 12.6. The fraction of sp³-hybridized carbons (Fsp3) is 0.727. The summed E-state index contributed by atoms with van der Waals surface area (Å²) in [5, 5.41) is 4.10. The first-order chi connectivity index (χ1) is 7.91. The molecule has 1 unspecified atom stereocenters. The van der Waals surface area contributed by atoms with E-state index in [0.29, 0.717) is 29.6 Å². The second-order valence-electron chi connectivity index (χ2n) is 4.86. The highest BCUT2D eigenvalue weighted by molar-refractivity contribution is 7.89. The number of nitrogens with zero attached hydrogens (tertiary/aromatic N) is 3. The van der Waals surface area contributed by atoms with Gasteiger partial charge in [0.1, 0.15) is 4.90 Å². The molecule has 1 saturated heterocycles. The van der Waals surface area contributed by atoms with Crippen molar-refractivity contribution < 1.29 is 8.42 Å². The van der Waals surface area contributed by atoms with Gasteiger partial charge >= 0.3 is 0 Å². The molecule has 0 radical (unpaired) electrons. The maximum atomic E-state index is 12.4. The molecule has 0 aromatic carbocycles. The van der Waals surface area contributed by atoms with Crippen molar-refractivity contribution in [2.75, 3.05) is 13.1 Å². The molecule has 2 rings (SSSR count). The van der Waals surface area contributed by atoms with Gasteiger partial charge in [-0.05, 0) is 25.7 Å². The molecule has 0 bridgehead atoms. The number of rotatable bonds is 2. The molecule has 1 aromatic rings. The molecule has 1 aromatic heterocycles. The summed E-state index contributed by atoms with van der Waals surface area (Å²) < 4.78 is 28.0.